The SMILES string of the molecule is Cc1cc(N2CCN(C)CC2)ccc1NC(=O)/C=C/c1ccc(Cl)c([N+](=O)[O-])c1. The molecule has 0 radical (unpaired) electrons. The molecule has 0 unspecified atom stereocenters. The lowest BCUT2D eigenvalue weighted by molar-refractivity contribution is -0.384. The summed E-state index contributed by atoms with van der Waals surface area (Å²) in [6.07, 6.45) is 2.87. The summed E-state index contributed by atoms with van der Waals surface area (Å²) in [4.78, 5) is 27.3. The van der Waals surface area contributed by atoms with Crippen LogP contribution in [0.4, 0.5) is 17.1 Å². The van der Waals surface area contributed by atoms with Crippen LogP contribution in [0.15, 0.2) is 42.5 Å². The van der Waals surface area contributed by atoms with Crippen molar-refractivity contribution in [3.8, 4) is 0 Å². The van der Waals surface area contributed by atoms with Crippen LogP contribution in [0.2, 0.25) is 5.02 Å². The standard InChI is InChI=1S/C21H23ClN4O3/c1-15-13-17(25-11-9-24(2)10-12-25)5-7-19(15)23-21(27)8-4-16-3-6-18(22)20(14-16)26(28)29/h3-8,13-14H,9-12H2,1-2H3,(H,23,27)/b8-4+. The Morgan fingerprint density at radius 3 is 2.55 bits per heavy atom. The van der Waals surface area contributed by atoms with Gasteiger partial charge in [-0.25, -0.2) is 0 Å². The number of carbonyl (C=O) groups is 1. The number of hydrogen-bond donors (Lipinski definition) is 1. The predicted molar refractivity (Wildman–Crippen MR) is 117 cm³/mol. The number of benzene rings is 2. The number of hydrogen-bond acceptors (Lipinski definition) is 5. The van der Waals surface area contributed by atoms with Gasteiger partial charge in [0.25, 0.3) is 5.69 Å². The topological polar surface area (TPSA) is 78.7 Å². The Kier molecular flexibility index (Phi) is 6.51. The van der Waals surface area contributed by atoms with E-state index < -0.39 is 4.92 Å². The molecule has 2 aromatic carbocycles. The maximum absolute atomic E-state index is 12.3. The molecule has 3 rings (SSSR count). The van der Waals surface area contributed by atoms with Gasteiger partial charge in [0.1, 0.15) is 5.02 Å². The second-order valence-corrected chi connectivity index (χ2v) is 7.49. The van der Waals surface area contributed by atoms with E-state index in [9.17, 15) is 14.9 Å². The van der Waals surface area contributed by atoms with Gasteiger partial charge in [0.15, 0.2) is 0 Å². The molecule has 0 bridgehead atoms. The van der Waals surface area contributed by atoms with Gasteiger partial charge < -0.3 is 15.1 Å². The number of carbonyl (C=O) groups excluding carboxylic acids is 1. The Hall–Kier alpha value is -2.90. The van der Waals surface area contributed by atoms with Crippen LogP contribution >= 0.6 is 11.6 Å². The van der Waals surface area contributed by atoms with Gasteiger partial charge in [-0.1, -0.05) is 17.7 Å². The van der Waals surface area contributed by atoms with Crippen molar-refractivity contribution >= 4 is 40.6 Å². The zero-order chi connectivity index (χ0) is 21.0. The highest BCUT2D eigenvalue weighted by molar-refractivity contribution is 6.32. The van der Waals surface area contributed by atoms with Gasteiger partial charge in [0, 0.05) is 49.7 Å². The zero-order valence-corrected chi connectivity index (χ0v) is 17.1. The summed E-state index contributed by atoms with van der Waals surface area (Å²) in [5.41, 5.74) is 3.20. The van der Waals surface area contributed by atoms with Crippen LogP contribution in [-0.2, 0) is 4.79 Å². The van der Waals surface area contributed by atoms with E-state index in [1.165, 1.54) is 24.3 Å². The Bertz CT molecular complexity index is 953. The van der Waals surface area contributed by atoms with Crippen molar-refractivity contribution < 1.29 is 9.72 Å². The first kappa shape index (κ1) is 20.8. The minimum Gasteiger partial charge on any atom is -0.369 e. The molecule has 0 saturated carbocycles. The Morgan fingerprint density at radius 2 is 1.90 bits per heavy atom. The minimum absolute atomic E-state index is 0.0627. The Balaban J connectivity index is 1.65. The fourth-order valence-electron chi connectivity index (χ4n) is 3.17. The van der Waals surface area contributed by atoms with E-state index in [1.807, 2.05) is 19.1 Å². The summed E-state index contributed by atoms with van der Waals surface area (Å²) >= 11 is 5.80. The molecule has 8 heteroatoms. The third-order valence-electron chi connectivity index (χ3n) is 4.93. The van der Waals surface area contributed by atoms with Crippen LogP contribution in [0, 0.1) is 17.0 Å². The van der Waals surface area contributed by atoms with E-state index >= 15 is 0 Å². The summed E-state index contributed by atoms with van der Waals surface area (Å²) in [6.45, 7) is 5.99. The number of amides is 1. The van der Waals surface area contributed by atoms with Crippen LogP contribution in [0.25, 0.3) is 6.08 Å². The van der Waals surface area contributed by atoms with E-state index in [0.29, 0.717) is 5.56 Å². The largest absolute Gasteiger partial charge is 0.369 e. The lowest BCUT2D eigenvalue weighted by atomic mass is 10.1. The van der Waals surface area contributed by atoms with E-state index in [-0.39, 0.29) is 16.6 Å². The van der Waals surface area contributed by atoms with Crippen molar-refractivity contribution in [1.29, 1.82) is 0 Å². The van der Waals surface area contributed by atoms with Crippen molar-refractivity contribution in [2.24, 2.45) is 0 Å². The summed E-state index contributed by atoms with van der Waals surface area (Å²) in [6, 6.07) is 10.4. The summed E-state index contributed by atoms with van der Waals surface area (Å²) in [7, 11) is 2.12. The molecule has 29 heavy (non-hydrogen) atoms. The van der Waals surface area contributed by atoms with Crippen LogP contribution < -0.4 is 10.2 Å². The lowest BCUT2D eigenvalue weighted by Gasteiger charge is -2.34. The van der Waals surface area contributed by atoms with E-state index in [4.69, 9.17) is 11.6 Å². The number of halogens is 1. The van der Waals surface area contributed by atoms with Crippen LogP contribution in [0.5, 0.6) is 0 Å². The lowest BCUT2D eigenvalue weighted by Crippen LogP contribution is -2.44. The highest BCUT2D eigenvalue weighted by Gasteiger charge is 2.15. The number of nitrogens with one attached hydrogen (secondary N) is 1. The van der Waals surface area contributed by atoms with Crippen molar-refractivity contribution in [2.75, 3.05) is 43.4 Å². The molecule has 0 atom stereocenters. The second-order valence-electron chi connectivity index (χ2n) is 7.08. The number of nitrogens with zero attached hydrogens (tertiary/aromatic N) is 3. The van der Waals surface area contributed by atoms with Crippen LogP contribution in [0.3, 0.4) is 0 Å². The smallest absolute Gasteiger partial charge is 0.288 e. The van der Waals surface area contributed by atoms with Gasteiger partial charge in [-0.3, -0.25) is 14.9 Å². The van der Waals surface area contributed by atoms with Crippen molar-refractivity contribution in [3.05, 3.63) is 68.7 Å². The molecule has 0 aromatic heterocycles. The van der Waals surface area contributed by atoms with Gasteiger partial charge in [-0.15, -0.1) is 0 Å². The van der Waals surface area contributed by atoms with Gasteiger partial charge in [-0.2, -0.15) is 0 Å². The van der Waals surface area contributed by atoms with E-state index in [1.54, 1.807) is 6.07 Å². The number of anilines is 2. The number of rotatable bonds is 5. The maximum Gasteiger partial charge on any atom is 0.288 e. The quantitative estimate of drug-likeness (QED) is 0.455. The normalized spacial score (nSPS) is 14.9. The minimum atomic E-state index is -0.551. The van der Waals surface area contributed by atoms with Crippen molar-refractivity contribution in [3.63, 3.8) is 0 Å². The van der Waals surface area contributed by atoms with Gasteiger partial charge in [0.05, 0.1) is 4.92 Å². The Labute approximate surface area is 174 Å². The molecule has 152 valence electrons. The molecular formula is C21H23ClN4O3. The predicted octanol–water partition coefficient (Wildman–Crippen LogP) is 3.96. The second kappa shape index (κ2) is 9.07. The van der Waals surface area contributed by atoms with Gasteiger partial charge >= 0.3 is 0 Å². The Morgan fingerprint density at radius 1 is 1.17 bits per heavy atom. The molecule has 1 fully saturated rings. The third-order valence-corrected chi connectivity index (χ3v) is 5.25. The monoisotopic (exact) mass is 414 g/mol. The number of nitro benzene ring substituents is 1. The first-order chi connectivity index (χ1) is 13.8. The van der Waals surface area contributed by atoms with Crippen molar-refractivity contribution in [1.82, 2.24) is 4.90 Å². The molecule has 1 heterocycles. The molecule has 1 N–H and O–H groups in total. The molecule has 1 aliphatic rings. The van der Waals surface area contributed by atoms with Gasteiger partial charge in [0.2, 0.25) is 5.91 Å². The fraction of sp³-hybridized carbons (Fsp3) is 0.286. The summed E-state index contributed by atoms with van der Waals surface area (Å²) < 4.78 is 0. The first-order valence-corrected chi connectivity index (χ1v) is 9.68. The number of likely N-dealkylation sites (N-methyl/N-ethyl adjacent to an activating group) is 1. The fourth-order valence-corrected chi connectivity index (χ4v) is 3.36. The molecule has 2 aromatic rings. The average Bonchev–Trinajstić information content (AvgIpc) is 2.69. The molecule has 1 saturated heterocycles. The highest BCUT2D eigenvalue weighted by Crippen LogP contribution is 2.26. The molecule has 1 aliphatic heterocycles. The average molecular weight is 415 g/mol. The molecule has 0 aliphatic carbocycles. The highest BCUT2D eigenvalue weighted by atomic mass is 35.5. The summed E-state index contributed by atoms with van der Waals surface area (Å²) in [5, 5.41) is 13.9. The van der Waals surface area contributed by atoms with Crippen molar-refractivity contribution in [2.45, 2.75) is 6.92 Å². The first-order valence-electron chi connectivity index (χ1n) is 9.30. The van der Waals surface area contributed by atoms with Gasteiger partial charge in [-0.05, 0) is 55.4 Å². The van der Waals surface area contributed by atoms with E-state index in [0.717, 1.165) is 43.1 Å². The number of nitro groups is 1. The molecule has 1 amide bonds. The van der Waals surface area contributed by atoms with Crippen LogP contribution in [0.1, 0.15) is 11.1 Å². The van der Waals surface area contributed by atoms with Crippen LogP contribution in [-0.4, -0.2) is 49.0 Å². The molecule has 7 nitrogen and oxygen atoms in total. The van der Waals surface area contributed by atoms with E-state index in [2.05, 4.69) is 28.2 Å². The number of piperazine rings is 1. The molecular weight excluding hydrogens is 392 g/mol. The zero-order valence-electron chi connectivity index (χ0n) is 16.4. The summed E-state index contributed by atoms with van der Waals surface area (Å²) in [5.74, 6) is -0.307. The third kappa shape index (κ3) is 5.34. The maximum atomic E-state index is 12.3. The number of aryl methyl sites for hydroxylation is 1. The molecule has 0 spiro atoms.